The summed E-state index contributed by atoms with van der Waals surface area (Å²) >= 11 is 7.16. The van der Waals surface area contributed by atoms with Crippen LogP contribution in [0.4, 0.5) is 0 Å². The van der Waals surface area contributed by atoms with Crippen molar-refractivity contribution in [2.75, 3.05) is 11.6 Å². The highest BCUT2D eigenvalue weighted by atomic mass is 35.5. The summed E-state index contributed by atoms with van der Waals surface area (Å²) in [7, 11) is 0. The van der Waals surface area contributed by atoms with E-state index in [0.29, 0.717) is 5.88 Å². The van der Waals surface area contributed by atoms with E-state index in [2.05, 4.69) is 16.5 Å². The van der Waals surface area contributed by atoms with E-state index in [1.54, 1.807) is 24.2 Å². The van der Waals surface area contributed by atoms with Crippen LogP contribution in [0.5, 0.6) is 0 Å². The van der Waals surface area contributed by atoms with E-state index < -0.39 is 0 Å². The first-order valence-corrected chi connectivity index (χ1v) is 4.69. The molecule has 2 nitrogen and oxygen atoms in total. The smallest absolute Gasteiger partial charge is 0.165 e. The molecule has 0 aliphatic carbocycles. The van der Waals surface area contributed by atoms with Gasteiger partial charge >= 0.3 is 0 Å². The van der Waals surface area contributed by atoms with E-state index >= 15 is 0 Å². The molecular formula is C7H9ClN2S. The summed E-state index contributed by atoms with van der Waals surface area (Å²) < 4.78 is 0. The molecule has 1 aromatic heterocycles. The fourth-order valence-electron chi connectivity index (χ4n) is 0.539. The minimum absolute atomic E-state index is 0.522. The summed E-state index contributed by atoms with van der Waals surface area (Å²) in [6.45, 7) is 3.78. The molecule has 0 aliphatic rings. The van der Waals surface area contributed by atoms with Gasteiger partial charge in [0.15, 0.2) is 5.16 Å². The molecule has 0 spiro atoms. The molecule has 0 amide bonds. The molecule has 1 rings (SSSR count). The van der Waals surface area contributed by atoms with Crippen LogP contribution in [0.2, 0.25) is 0 Å². The van der Waals surface area contributed by atoms with Crippen molar-refractivity contribution in [3.63, 3.8) is 0 Å². The first-order chi connectivity index (χ1) is 5.33. The van der Waals surface area contributed by atoms with E-state index in [0.717, 1.165) is 16.5 Å². The first kappa shape index (κ1) is 8.68. The summed E-state index contributed by atoms with van der Waals surface area (Å²) in [6, 6.07) is 0. The Morgan fingerprint density at radius 2 is 2.64 bits per heavy atom. The molecule has 0 radical (unpaired) electrons. The van der Waals surface area contributed by atoms with Gasteiger partial charge in [-0.25, -0.2) is 4.98 Å². The van der Waals surface area contributed by atoms with Gasteiger partial charge in [0.25, 0.3) is 0 Å². The third-order valence-electron chi connectivity index (χ3n) is 1.08. The topological polar surface area (TPSA) is 28.7 Å². The Labute approximate surface area is 75.1 Å². The molecule has 0 fully saturated rings. The number of aromatic amines is 1. The summed E-state index contributed by atoms with van der Waals surface area (Å²) in [4.78, 5) is 7.03. The summed E-state index contributed by atoms with van der Waals surface area (Å²) in [5, 5.41) is 0.913. The number of rotatable bonds is 4. The molecule has 0 saturated carbocycles. The van der Waals surface area contributed by atoms with Crippen molar-refractivity contribution in [1.29, 1.82) is 0 Å². The van der Waals surface area contributed by atoms with Gasteiger partial charge in [0.1, 0.15) is 0 Å². The highest BCUT2D eigenvalue weighted by molar-refractivity contribution is 7.99. The molecule has 1 N–H and O–H groups in total. The van der Waals surface area contributed by atoms with Crippen LogP contribution < -0.4 is 0 Å². The number of hydrogen-bond donors (Lipinski definition) is 1. The second kappa shape index (κ2) is 4.46. The molecule has 0 atom stereocenters. The lowest BCUT2D eigenvalue weighted by molar-refractivity contribution is 1.06. The fourth-order valence-corrected chi connectivity index (χ4v) is 1.47. The van der Waals surface area contributed by atoms with Gasteiger partial charge in [-0.2, -0.15) is 0 Å². The predicted octanol–water partition coefficient (Wildman–Crippen LogP) is 2.30. The summed E-state index contributed by atoms with van der Waals surface area (Å²) in [5.41, 5.74) is 1.02. The quantitative estimate of drug-likeness (QED) is 0.446. The second-order valence-corrected chi connectivity index (χ2v) is 3.30. The summed E-state index contributed by atoms with van der Waals surface area (Å²) in [6.07, 6.45) is 3.53. The first-order valence-electron chi connectivity index (χ1n) is 3.17. The number of hydrogen-bond acceptors (Lipinski definition) is 2. The SMILES string of the molecule is C=C(CCl)CSc1ncc[nH]1. The van der Waals surface area contributed by atoms with Crippen LogP contribution in [0.3, 0.4) is 0 Å². The minimum Gasteiger partial charge on any atom is -0.340 e. The Hall–Kier alpha value is -0.410. The number of nitrogens with one attached hydrogen (secondary N) is 1. The van der Waals surface area contributed by atoms with Gasteiger partial charge in [-0.1, -0.05) is 23.9 Å². The van der Waals surface area contributed by atoms with Gasteiger partial charge in [0, 0.05) is 24.0 Å². The van der Waals surface area contributed by atoms with Crippen LogP contribution >= 0.6 is 23.4 Å². The van der Waals surface area contributed by atoms with Crippen LogP contribution in [0.25, 0.3) is 0 Å². The Bertz CT molecular complexity index is 220. The molecule has 4 heteroatoms. The molecule has 0 bridgehead atoms. The Morgan fingerprint density at radius 1 is 1.82 bits per heavy atom. The molecule has 11 heavy (non-hydrogen) atoms. The Balaban J connectivity index is 2.29. The molecule has 1 aromatic rings. The van der Waals surface area contributed by atoms with E-state index in [9.17, 15) is 0 Å². The molecule has 60 valence electrons. The maximum Gasteiger partial charge on any atom is 0.165 e. The minimum atomic E-state index is 0.522. The maximum absolute atomic E-state index is 5.55. The third-order valence-corrected chi connectivity index (χ3v) is 2.50. The van der Waals surface area contributed by atoms with Gasteiger partial charge < -0.3 is 4.98 Å². The molecule has 0 aliphatic heterocycles. The zero-order valence-corrected chi connectivity index (χ0v) is 7.58. The van der Waals surface area contributed by atoms with E-state index in [1.807, 2.05) is 0 Å². The van der Waals surface area contributed by atoms with E-state index in [1.165, 1.54) is 0 Å². The molecular weight excluding hydrogens is 180 g/mol. The number of H-pyrrole nitrogens is 1. The van der Waals surface area contributed by atoms with Crippen LogP contribution in [-0.2, 0) is 0 Å². The van der Waals surface area contributed by atoms with Crippen molar-refractivity contribution in [2.24, 2.45) is 0 Å². The monoisotopic (exact) mass is 188 g/mol. The lowest BCUT2D eigenvalue weighted by Gasteiger charge is -1.96. The van der Waals surface area contributed by atoms with Crippen LogP contribution in [0.1, 0.15) is 0 Å². The van der Waals surface area contributed by atoms with Crippen LogP contribution in [-0.4, -0.2) is 21.6 Å². The van der Waals surface area contributed by atoms with Crippen molar-refractivity contribution in [3.05, 3.63) is 24.5 Å². The highest BCUT2D eigenvalue weighted by Gasteiger charge is 1.96. The summed E-state index contributed by atoms with van der Waals surface area (Å²) in [5.74, 6) is 1.35. The van der Waals surface area contributed by atoms with Gasteiger partial charge in [-0.3, -0.25) is 0 Å². The molecule has 0 aromatic carbocycles. The van der Waals surface area contributed by atoms with Gasteiger partial charge in [0.2, 0.25) is 0 Å². The fraction of sp³-hybridized carbons (Fsp3) is 0.286. The molecule has 1 heterocycles. The average Bonchev–Trinajstić information content (AvgIpc) is 2.52. The highest BCUT2D eigenvalue weighted by Crippen LogP contribution is 2.14. The van der Waals surface area contributed by atoms with Gasteiger partial charge in [-0.15, -0.1) is 11.6 Å². The lowest BCUT2D eigenvalue weighted by atomic mass is 10.4. The normalized spacial score (nSPS) is 9.91. The molecule has 0 saturated heterocycles. The number of thioether (sulfide) groups is 1. The Morgan fingerprint density at radius 3 is 3.18 bits per heavy atom. The van der Waals surface area contributed by atoms with Gasteiger partial charge in [-0.05, 0) is 0 Å². The van der Waals surface area contributed by atoms with Crippen molar-refractivity contribution in [1.82, 2.24) is 9.97 Å². The van der Waals surface area contributed by atoms with Crippen molar-refractivity contribution in [3.8, 4) is 0 Å². The zero-order chi connectivity index (χ0) is 8.10. The second-order valence-electron chi connectivity index (χ2n) is 2.07. The zero-order valence-electron chi connectivity index (χ0n) is 6.01. The van der Waals surface area contributed by atoms with Crippen molar-refractivity contribution < 1.29 is 0 Å². The van der Waals surface area contributed by atoms with E-state index in [-0.39, 0.29) is 0 Å². The van der Waals surface area contributed by atoms with Crippen LogP contribution in [0.15, 0.2) is 29.7 Å². The number of imidazole rings is 1. The van der Waals surface area contributed by atoms with Crippen molar-refractivity contribution in [2.45, 2.75) is 5.16 Å². The number of aromatic nitrogens is 2. The predicted molar refractivity (Wildman–Crippen MR) is 49.2 cm³/mol. The van der Waals surface area contributed by atoms with Gasteiger partial charge in [0.05, 0.1) is 0 Å². The van der Waals surface area contributed by atoms with Crippen LogP contribution in [0, 0.1) is 0 Å². The standard InChI is InChI=1S/C7H9ClN2S/c1-6(4-8)5-11-7-9-2-3-10-7/h2-3H,1,4-5H2,(H,9,10). The number of alkyl halides is 1. The number of nitrogens with zero attached hydrogens (tertiary/aromatic N) is 1. The average molecular weight is 189 g/mol. The van der Waals surface area contributed by atoms with Crippen molar-refractivity contribution >= 4 is 23.4 Å². The largest absolute Gasteiger partial charge is 0.340 e. The maximum atomic E-state index is 5.55. The Kier molecular flexibility index (Phi) is 3.52. The van der Waals surface area contributed by atoms with E-state index in [4.69, 9.17) is 11.6 Å². The third kappa shape index (κ3) is 2.99. The number of halogens is 1. The lowest BCUT2D eigenvalue weighted by Crippen LogP contribution is -1.86. The molecule has 0 unspecified atom stereocenters.